The van der Waals surface area contributed by atoms with Crippen LogP contribution in [0.5, 0.6) is 0 Å². The fourth-order valence-corrected chi connectivity index (χ4v) is 3.46. The molecule has 2 atom stereocenters. The second kappa shape index (κ2) is 7.46. The SMILES string of the molecule is CCCNCC1CCN(C2CCCN(CC)C2)C1. The molecule has 1 N–H and O–H groups in total. The summed E-state index contributed by atoms with van der Waals surface area (Å²) in [5, 5.41) is 3.58. The van der Waals surface area contributed by atoms with Crippen LogP contribution in [0.25, 0.3) is 0 Å². The van der Waals surface area contributed by atoms with Crippen LogP contribution in [0.2, 0.25) is 0 Å². The van der Waals surface area contributed by atoms with E-state index in [1.54, 1.807) is 0 Å². The molecule has 2 fully saturated rings. The molecule has 3 nitrogen and oxygen atoms in total. The Morgan fingerprint density at radius 1 is 1.11 bits per heavy atom. The Morgan fingerprint density at radius 2 is 2.00 bits per heavy atom. The molecule has 2 aliphatic rings. The maximum Gasteiger partial charge on any atom is 0.0223 e. The van der Waals surface area contributed by atoms with Crippen LogP contribution in [0.3, 0.4) is 0 Å². The monoisotopic (exact) mass is 253 g/mol. The fourth-order valence-electron chi connectivity index (χ4n) is 3.46. The number of piperidine rings is 1. The number of hydrogen-bond acceptors (Lipinski definition) is 3. The fraction of sp³-hybridized carbons (Fsp3) is 1.00. The number of nitrogens with zero attached hydrogens (tertiary/aromatic N) is 2. The van der Waals surface area contributed by atoms with Crippen molar-refractivity contribution in [2.24, 2.45) is 5.92 Å². The van der Waals surface area contributed by atoms with Crippen LogP contribution in [0.4, 0.5) is 0 Å². The number of likely N-dealkylation sites (tertiary alicyclic amines) is 2. The molecule has 106 valence electrons. The van der Waals surface area contributed by atoms with Gasteiger partial charge in [-0.05, 0) is 64.3 Å². The van der Waals surface area contributed by atoms with Crippen molar-refractivity contribution in [1.82, 2.24) is 15.1 Å². The first-order chi connectivity index (χ1) is 8.83. The van der Waals surface area contributed by atoms with E-state index in [0.29, 0.717) is 0 Å². The molecule has 0 aromatic heterocycles. The van der Waals surface area contributed by atoms with Gasteiger partial charge in [-0.2, -0.15) is 0 Å². The molecule has 0 bridgehead atoms. The summed E-state index contributed by atoms with van der Waals surface area (Å²) in [6, 6.07) is 0.842. The van der Waals surface area contributed by atoms with Crippen LogP contribution < -0.4 is 5.32 Å². The van der Waals surface area contributed by atoms with Crippen molar-refractivity contribution < 1.29 is 0 Å². The summed E-state index contributed by atoms with van der Waals surface area (Å²) in [6.07, 6.45) is 5.48. The van der Waals surface area contributed by atoms with Crippen LogP contribution in [0.1, 0.15) is 39.5 Å². The molecule has 0 aromatic rings. The Labute approximate surface area is 113 Å². The van der Waals surface area contributed by atoms with Crippen molar-refractivity contribution in [3.8, 4) is 0 Å². The average molecular weight is 253 g/mol. The zero-order chi connectivity index (χ0) is 12.8. The third-order valence-electron chi connectivity index (χ3n) is 4.62. The van der Waals surface area contributed by atoms with E-state index in [1.165, 1.54) is 71.5 Å². The standard InChI is InChI=1S/C15H31N3/c1-3-8-16-11-14-7-10-18(12-14)15-6-5-9-17(4-2)13-15/h14-16H,3-13H2,1-2H3. The van der Waals surface area contributed by atoms with E-state index in [2.05, 4.69) is 29.0 Å². The molecule has 2 saturated heterocycles. The van der Waals surface area contributed by atoms with Gasteiger partial charge in [0.15, 0.2) is 0 Å². The van der Waals surface area contributed by atoms with Crippen molar-refractivity contribution in [2.45, 2.75) is 45.6 Å². The van der Waals surface area contributed by atoms with E-state index in [4.69, 9.17) is 0 Å². The molecule has 0 aromatic carbocycles. The molecule has 0 radical (unpaired) electrons. The molecular weight excluding hydrogens is 222 g/mol. The molecular formula is C15H31N3. The summed E-state index contributed by atoms with van der Waals surface area (Å²) in [7, 11) is 0. The molecule has 0 aliphatic carbocycles. The summed E-state index contributed by atoms with van der Waals surface area (Å²) < 4.78 is 0. The Hall–Kier alpha value is -0.120. The lowest BCUT2D eigenvalue weighted by molar-refractivity contribution is 0.116. The molecule has 0 spiro atoms. The van der Waals surface area contributed by atoms with Gasteiger partial charge in [-0.1, -0.05) is 13.8 Å². The topological polar surface area (TPSA) is 18.5 Å². The van der Waals surface area contributed by atoms with Crippen molar-refractivity contribution in [1.29, 1.82) is 0 Å². The van der Waals surface area contributed by atoms with E-state index in [9.17, 15) is 0 Å². The van der Waals surface area contributed by atoms with Gasteiger partial charge in [0, 0.05) is 19.1 Å². The zero-order valence-electron chi connectivity index (χ0n) is 12.3. The quantitative estimate of drug-likeness (QED) is 0.728. The lowest BCUT2D eigenvalue weighted by Crippen LogP contribution is -2.47. The molecule has 2 aliphatic heterocycles. The molecule has 0 saturated carbocycles. The van der Waals surface area contributed by atoms with Crippen molar-refractivity contribution in [3.05, 3.63) is 0 Å². The van der Waals surface area contributed by atoms with Gasteiger partial charge in [-0.3, -0.25) is 4.90 Å². The van der Waals surface area contributed by atoms with E-state index < -0.39 is 0 Å². The maximum atomic E-state index is 3.58. The summed E-state index contributed by atoms with van der Waals surface area (Å²) in [6.45, 7) is 13.5. The Bertz CT molecular complexity index is 232. The van der Waals surface area contributed by atoms with Crippen LogP contribution in [-0.4, -0.2) is 61.7 Å². The number of rotatable bonds is 6. The van der Waals surface area contributed by atoms with Gasteiger partial charge in [0.25, 0.3) is 0 Å². The summed E-state index contributed by atoms with van der Waals surface area (Å²) >= 11 is 0. The van der Waals surface area contributed by atoms with Crippen molar-refractivity contribution >= 4 is 0 Å². The predicted molar refractivity (Wildman–Crippen MR) is 78.0 cm³/mol. The van der Waals surface area contributed by atoms with Gasteiger partial charge in [-0.25, -0.2) is 0 Å². The van der Waals surface area contributed by atoms with E-state index in [1.807, 2.05) is 0 Å². The minimum atomic E-state index is 0.842. The largest absolute Gasteiger partial charge is 0.316 e. The highest BCUT2D eigenvalue weighted by Gasteiger charge is 2.30. The third kappa shape index (κ3) is 3.94. The molecule has 0 amide bonds. The minimum absolute atomic E-state index is 0.842. The van der Waals surface area contributed by atoms with Gasteiger partial charge >= 0.3 is 0 Å². The maximum absolute atomic E-state index is 3.58. The lowest BCUT2D eigenvalue weighted by Gasteiger charge is -2.37. The number of likely N-dealkylation sites (N-methyl/N-ethyl adjacent to an activating group) is 1. The Kier molecular flexibility index (Phi) is 5.93. The molecule has 18 heavy (non-hydrogen) atoms. The highest BCUT2D eigenvalue weighted by molar-refractivity contribution is 4.86. The van der Waals surface area contributed by atoms with E-state index in [-0.39, 0.29) is 0 Å². The lowest BCUT2D eigenvalue weighted by atomic mass is 10.0. The second-order valence-electron chi connectivity index (χ2n) is 6.04. The van der Waals surface area contributed by atoms with Gasteiger partial charge in [-0.15, -0.1) is 0 Å². The van der Waals surface area contributed by atoms with Gasteiger partial charge in [0.2, 0.25) is 0 Å². The van der Waals surface area contributed by atoms with Crippen LogP contribution >= 0.6 is 0 Å². The van der Waals surface area contributed by atoms with Gasteiger partial charge in [0.1, 0.15) is 0 Å². The van der Waals surface area contributed by atoms with E-state index in [0.717, 1.165) is 12.0 Å². The first-order valence-electron chi connectivity index (χ1n) is 8.00. The number of nitrogens with one attached hydrogen (secondary N) is 1. The van der Waals surface area contributed by atoms with Crippen LogP contribution in [-0.2, 0) is 0 Å². The Balaban J connectivity index is 1.71. The highest BCUT2D eigenvalue weighted by Crippen LogP contribution is 2.23. The summed E-state index contributed by atoms with van der Waals surface area (Å²) in [5.41, 5.74) is 0. The average Bonchev–Trinajstić information content (AvgIpc) is 2.88. The molecule has 3 heteroatoms. The van der Waals surface area contributed by atoms with E-state index >= 15 is 0 Å². The normalized spacial score (nSPS) is 31.0. The summed E-state index contributed by atoms with van der Waals surface area (Å²) in [4.78, 5) is 5.39. The first-order valence-corrected chi connectivity index (χ1v) is 8.00. The van der Waals surface area contributed by atoms with Crippen LogP contribution in [0, 0.1) is 5.92 Å². The zero-order valence-corrected chi connectivity index (χ0v) is 12.3. The molecule has 2 unspecified atom stereocenters. The minimum Gasteiger partial charge on any atom is -0.316 e. The van der Waals surface area contributed by atoms with Gasteiger partial charge < -0.3 is 10.2 Å². The van der Waals surface area contributed by atoms with Crippen molar-refractivity contribution in [2.75, 3.05) is 45.8 Å². The second-order valence-corrected chi connectivity index (χ2v) is 6.04. The van der Waals surface area contributed by atoms with Crippen LogP contribution in [0.15, 0.2) is 0 Å². The number of hydrogen-bond donors (Lipinski definition) is 1. The third-order valence-corrected chi connectivity index (χ3v) is 4.62. The first kappa shape index (κ1) is 14.3. The smallest absolute Gasteiger partial charge is 0.0223 e. The molecule has 2 rings (SSSR count). The highest BCUT2D eigenvalue weighted by atomic mass is 15.2. The predicted octanol–water partition coefficient (Wildman–Crippen LogP) is 1.79. The summed E-state index contributed by atoms with van der Waals surface area (Å²) in [5.74, 6) is 0.897. The van der Waals surface area contributed by atoms with Gasteiger partial charge in [0.05, 0.1) is 0 Å². The Morgan fingerprint density at radius 3 is 2.78 bits per heavy atom. The molecule has 2 heterocycles. The van der Waals surface area contributed by atoms with Crippen molar-refractivity contribution in [3.63, 3.8) is 0 Å².